The van der Waals surface area contributed by atoms with Crippen molar-refractivity contribution in [1.82, 2.24) is 4.90 Å². The summed E-state index contributed by atoms with van der Waals surface area (Å²) in [7, 11) is 0. The molecule has 3 heteroatoms. The molecule has 1 aliphatic carbocycles. The molecule has 0 saturated heterocycles. The van der Waals surface area contributed by atoms with Crippen LogP contribution in [-0.2, 0) is 9.59 Å². The monoisotopic (exact) mass is 269 g/mol. The van der Waals surface area contributed by atoms with Gasteiger partial charge in [0, 0.05) is 12.6 Å². The molecule has 3 nitrogen and oxygen atoms in total. The molecule has 1 aliphatic heterocycles. The van der Waals surface area contributed by atoms with Crippen LogP contribution >= 0.6 is 0 Å². The Morgan fingerprint density at radius 1 is 0.950 bits per heavy atom. The van der Waals surface area contributed by atoms with E-state index in [1.807, 2.05) is 30.3 Å². The van der Waals surface area contributed by atoms with Crippen LogP contribution in [0.5, 0.6) is 0 Å². The number of hydrogen-bond donors (Lipinski definition) is 0. The van der Waals surface area contributed by atoms with E-state index >= 15 is 0 Å². The van der Waals surface area contributed by atoms with E-state index in [1.54, 1.807) is 4.90 Å². The zero-order valence-corrected chi connectivity index (χ0v) is 11.5. The van der Waals surface area contributed by atoms with E-state index < -0.39 is 0 Å². The predicted molar refractivity (Wildman–Crippen MR) is 78.0 cm³/mol. The van der Waals surface area contributed by atoms with Crippen LogP contribution in [0.2, 0.25) is 0 Å². The van der Waals surface area contributed by atoms with Crippen molar-refractivity contribution in [2.75, 3.05) is 6.54 Å². The van der Waals surface area contributed by atoms with Gasteiger partial charge in [0.1, 0.15) is 0 Å². The van der Waals surface area contributed by atoms with Gasteiger partial charge in [0.2, 0.25) is 5.78 Å². The van der Waals surface area contributed by atoms with Gasteiger partial charge in [-0.3, -0.25) is 9.59 Å². The Labute approximate surface area is 119 Å². The van der Waals surface area contributed by atoms with Gasteiger partial charge in [-0.2, -0.15) is 0 Å². The molecule has 0 bridgehead atoms. The van der Waals surface area contributed by atoms with Crippen molar-refractivity contribution in [3.63, 3.8) is 0 Å². The summed E-state index contributed by atoms with van der Waals surface area (Å²) in [5.74, 6) is -0.697. The normalized spacial score (nSPS) is 21.0. The Morgan fingerprint density at radius 2 is 1.65 bits per heavy atom. The SMILES string of the molecule is O=C1C=C(c2ccccc2)CN(C2CCCCC2)C1=O. The Kier molecular flexibility index (Phi) is 3.68. The maximum Gasteiger partial charge on any atom is 0.294 e. The van der Waals surface area contributed by atoms with Crippen molar-refractivity contribution in [2.24, 2.45) is 0 Å². The summed E-state index contributed by atoms with van der Waals surface area (Å²) in [5, 5.41) is 0. The van der Waals surface area contributed by atoms with E-state index in [4.69, 9.17) is 0 Å². The molecule has 3 rings (SSSR count). The minimum absolute atomic E-state index is 0.243. The summed E-state index contributed by atoms with van der Waals surface area (Å²) in [6.45, 7) is 0.569. The first-order valence-corrected chi connectivity index (χ1v) is 7.36. The number of benzene rings is 1. The molecule has 2 aliphatic rings. The van der Waals surface area contributed by atoms with Crippen LogP contribution < -0.4 is 0 Å². The zero-order valence-electron chi connectivity index (χ0n) is 11.5. The van der Waals surface area contributed by atoms with Crippen LogP contribution in [0.1, 0.15) is 37.7 Å². The maximum absolute atomic E-state index is 12.1. The maximum atomic E-state index is 12.1. The fourth-order valence-corrected chi connectivity index (χ4v) is 3.18. The summed E-state index contributed by atoms with van der Waals surface area (Å²) in [6, 6.07) is 10.1. The van der Waals surface area contributed by atoms with E-state index in [1.165, 1.54) is 12.5 Å². The molecule has 0 radical (unpaired) electrons. The molecule has 0 unspecified atom stereocenters. The fraction of sp³-hybridized carbons (Fsp3) is 0.412. The van der Waals surface area contributed by atoms with E-state index in [9.17, 15) is 9.59 Å². The minimum atomic E-state index is -0.374. The Balaban J connectivity index is 1.85. The molecule has 0 spiro atoms. The summed E-state index contributed by atoms with van der Waals surface area (Å²) in [5.41, 5.74) is 2.00. The number of carbonyl (C=O) groups excluding carboxylic acids is 2. The van der Waals surface area contributed by atoms with Gasteiger partial charge in [-0.15, -0.1) is 0 Å². The smallest absolute Gasteiger partial charge is 0.294 e. The van der Waals surface area contributed by atoms with Crippen LogP contribution in [0, 0.1) is 0 Å². The Bertz CT molecular complexity index is 541. The van der Waals surface area contributed by atoms with Crippen LogP contribution in [0.15, 0.2) is 36.4 Å². The van der Waals surface area contributed by atoms with Gasteiger partial charge in [-0.25, -0.2) is 0 Å². The number of amides is 1. The first-order chi connectivity index (χ1) is 9.75. The van der Waals surface area contributed by atoms with Gasteiger partial charge in [0.15, 0.2) is 0 Å². The second-order valence-corrected chi connectivity index (χ2v) is 5.62. The average molecular weight is 269 g/mol. The zero-order chi connectivity index (χ0) is 13.9. The van der Waals surface area contributed by atoms with Crippen LogP contribution in [0.4, 0.5) is 0 Å². The highest BCUT2D eigenvalue weighted by Gasteiger charge is 2.32. The number of nitrogens with zero attached hydrogens (tertiary/aromatic N) is 1. The summed E-state index contributed by atoms with van der Waals surface area (Å²) in [6.07, 6.45) is 7.13. The van der Waals surface area contributed by atoms with Crippen molar-refractivity contribution in [1.29, 1.82) is 0 Å². The number of ketones is 1. The quantitative estimate of drug-likeness (QED) is 0.774. The lowest BCUT2D eigenvalue weighted by atomic mass is 9.91. The molecular weight excluding hydrogens is 250 g/mol. The average Bonchev–Trinajstić information content (AvgIpc) is 2.51. The topological polar surface area (TPSA) is 37.4 Å². The van der Waals surface area contributed by atoms with Gasteiger partial charge in [0.05, 0.1) is 0 Å². The van der Waals surface area contributed by atoms with Gasteiger partial charge in [-0.1, -0.05) is 49.6 Å². The number of hydrogen-bond acceptors (Lipinski definition) is 2. The molecule has 1 fully saturated rings. The van der Waals surface area contributed by atoms with Crippen LogP contribution in [0.3, 0.4) is 0 Å². The van der Waals surface area contributed by atoms with Crippen molar-refractivity contribution < 1.29 is 9.59 Å². The third kappa shape index (κ3) is 2.53. The van der Waals surface area contributed by atoms with Gasteiger partial charge >= 0.3 is 0 Å². The molecule has 1 heterocycles. The summed E-state index contributed by atoms with van der Waals surface area (Å²) < 4.78 is 0. The lowest BCUT2D eigenvalue weighted by molar-refractivity contribution is -0.144. The van der Waals surface area contributed by atoms with Crippen LogP contribution in [-0.4, -0.2) is 29.2 Å². The second kappa shape index (κ2) is 5.61. The van der Waals surface area contributed by atoms with Gasteiger partial charge in [0.25, 0.3) is 5.91 Å². The number of rotatable bonds is 2. The highest BCUT2D eigenvalue weighted by atomic mass is 16.2. The molecule has 1 saturated carbocycles. The molecule has 20 heavy (non-hydrogen) atoms. The molecular formula is C17H19NO2. The summed E-state index contributed by atoms with van der Waals surface area (Å²) >= 11 is 0. The first-order valence-electron chi connectivity index (χ1n) is 7.36. The molecule has 0 atom stereocenters. The lowest BCUT2D eigenvalue weighted by Crippen LogP contribution is -2.47. The fourth-order valence-electron chi connectivity index (χ4n) is 3.18. The highest BCUT2D eigenvalue weighted by molar-refractivity contribution is 6.43. The molecule has 1 aromatic carbocycles. The van der Waals surface area contributed by atoms with E-state index in [2.05, 4.69) is 0 Å². The molecule has 1 aromatic rings. The second-order valence-electron chi connectivity index (χ2n) is 5.62. The van der Waals surface area contributed by atoms with Crippen LogP contribution in [0.25, 0.3) is 5.57 Å². The molecule has 1 amide bonds. The first kappa shape index (κ1) is 13.1. The van der Waals surface area contributed by atoms with E-state index in [0.717, 1.165) is 36.8 Å². The van der Waals surface area contributed by atoms with Crippen molar-refractivity contribution >= 4 is 17.3 Å². The minimum Gasteiger partial charge on any atom is -0.328 e. The molecule has 0 N–H and O–H groups in total. The Morgan fingerprint density at radius 3 is 2.35 bits per heavy atom. The Hall–Kier alpha value is -1.90. The predicted octanol–water partition coefficient (Wildman–Crippen LogP) is 2.81. The van der Waals surface area contributed by atoms with E-state index in [-0.39, 0.29) is 17.7 Å². The lowest BCUT2D eigenvalue weighted by Gasteiger charge is -2.36. The standard InChI is InChI=1S/C17H19NO2/c19-16-11-14(13-7-3-1-4-8-13)12-18(17(16)20)15-9-5-2-6-10-15/h1,3-4,7-8,11,15H,2,5-6,9-10,12H2. The summed E-state index contributed by atoms with van der Waals surface area (Å²) in [4.78, 5) is 25.9. The van der Waals surface area contributed by atoms with Crippen molar-refractivity contribution in [3.05, 3.63) is 42.0 Å². The molecule has 104 valence electrons. The highest BCUT2D eigenvalue weighted by Crippen LogP contribution is 2.28. The van der Waals surface area contributed by atoms with E-state index in [0.29, 0.717) is 6.54 Å². The largest absolute Gasteiger partial charge is 0.328 e. The van der Waals surface area contributed by atoms with Crippen molar-refractivity contribution in [3.8, 4) is 0 Å². The third-order valence-corrected chi connectivity index (χ3v) is 4.28. The van der Waals surface area contributed by atoms with Gasteiger partial charge < -0.3 is 4.90 Å². The van der Waals surface area contributed by atoms with Crippen molar-refractivity contribution in [2.45, 2.75) is 38.1 Å². The number of carbonyl (C=O) groups is 2. The van der Waals surface area contributed by atoms with Gasteiger partial charge in [-0.05, 0) is 30.1 Å². The third-order valence-electron chi connectivity index (χ3n) is 4.28. The molecule has 0 aromatic heterocycles.